The number of rotatable bonds is 4. The van der Waals surface area contributed by atoms with E-state index in [0.29, 0.717) is 0 Å². The molecule has 178 valence electrons. The van der Waals surface area contributed by atoms with Gasteiger partial charge in [0.2, 0.25) is 0 Å². The average Bonchev–Trinajstić information content (AvgIpc) is 2.79. The van der Waals surface area contributed by atoms with Crippen molar-refractivity contribution in [2.75, 3.05) is 11.1 Å². The second kappa shape index (κ2) is 9.26. The van der Waals surface area contributed by atoms with Crippen LogP contribution in [0.15, 0.2) is 60.9 Å². The Balaban J connectivity index is 1.73. The number of hydrogen-bond donors (Lipinski definition) is 2. The molecule has 0 atom stereocenters. The zero-order valence-electron chi connectivity index (χ0n) is 17.4. The largest absolute Gasteiger partial charge is 0.433 e. The number of halogens is 6. The molecule has 12 heteroatoms. The van der Waals surface area contributed by atoms with Gasteiger partial charge in [0.15, 0.2) is 5.69 Å². The predicted molar refractivity (Wildman–Crippen MR) is 119 cm³/mol. The van der Waals surface area contributed by atoms with E-state index >= 15 is 0 Å². The van der Waals surface area contributed by atoms with E-state index in [1.54, 1.807) is 0 Å². The molecule has 0 fully saturated rings. The number of carbonyl (C=O) groups is 1. The Hall–Kier alpha value is -4.12. The summed E-state index contributed by atoms with van der Waals surface area (Å²) in [5, 5.41) is 2.07. The zero-order valence-corrected chi connectivity index (χ0v) is 18.1. The minimum atomic E-state index is -4.75. The third-order valence-corrected chi connectivity index (χ3v) is 5.02. The van der Waals surface area contributed by atoms with Gasteiger partial charge in [-0.25, -0.2) is 18.7 Å². The van der Waals surface area contributed by atoms with E-state index in [9.17, 15) is 26.7 Å². The number of nitrogens with two attached hydrogens (primary N) is 1. The van der Waals surface area contributed by atoms with E-state index in [4.69, 9.17) is 17.3 Å². The molecule has 35 heavy (non-hydrogen) atoms. The minimum absolute atomic E-state index is 0.0107. The smallest absolute Gasteiger partial charge is 0.397 e. The number of nitrogens with one attached hydrogen (secondary N) is 1. The Kier molecular flexibility index (Phi) is 6.35. The molecule has 4 aromatic rings. The van der Waals surface area contributed by atoms with Crippen molar-refractivity contribution in [3.63, 3.8) is 0 Å². The van der Waals surface area contributed by atoms with Gasteiger partial charge in [-0.15, -0.1) is 0 Å². The number of nitrogens with zero attached hydrogens (tertiary/aromatic N) is 3. The standard InChI is InChI=1S/C23H13ClF5N5O/c24-19-9-11(8-18(34-19)23(27,28)29)12-6-7-31-10-17(12)33-22(35)21-15(30)4-5-16(32-21)20-13(25)2-1-3-14(20)26/h1-10H,30H2,(H,33,35). The molecule has 0 bridgehead atoms. The van der Waals surface area contributed by atoms with Crippen molar-refractivity contribution in [1.82, 2.24) is 15.0 Å². The van der Waals surface area contributed by atoms with E-state index in [2.05, 4.69) is 20.3 Å². The molecular weight excluding hydrogens is 493 g/mol. The lowest BCUT2D eigenvalue weighted by Gasteiger charge is -2.14. The maximum Gasteiger partial charge on any atom is 0.433 e. The fourth-order valence-electron chi connectivity index (χ4n) is 3.26. The predicted octanol–water partition coefficient (Wildman–Crippen LogP) is 5.99. The minimum Gasteiger partial charge on any atom is -0.397 e. The van der Waals surface area contributed by atoms with Gasteiger partial charge in [0, 0.05) is 11.8 Å². The highest BCUT2D eigenvalue weighted by molar-refractivity contribution is 6.29. The van der Waals surface area contributed by atoms with E-state index in [1.165, 1.54) is 42.7 Å². The summed E-state index contributed by atoms with van der Waals surface area (Å²) in [6, 6.07) is 9.08. The summed E-state index contributed by atoms with van der Waals surface area (Å²) < 4.78 is 68.0. The van der Waals surface area contributed by atoms with Gasteiger partial charge in [0.05, 0.1) is 28.8 Å². The van der Waals surface area contributed by atoms with Crippen LogP contribution in [0.3, 0.4) is 0 Å². The molecule has 6 nitrogen and oxygen atoms in total. The number of aromatic nitrogens is 3. The Morgan fingerprint density at radius 1 is 1.00 bits per heavy atom. The van der Waals surface area contributed by atoms with Crippen molar-refractivity contribution in [2.24, 2.45) is 0 Å². The maximum atomic E-state index is 14.2. The summed E-state index contributed by atoms with van der Waals surface area (Å²) >= 11 is 5.78. The average molecular weight is 506 g/mol. The second-order valence-corrected chi connectivity index (χ2v) is 7.56. The third kappa shape index (κ3) is 5.04. The Bertz CT molecular complexity index is 1420. The van der Waals surface area contributed by atoms with Crippen LogP contribution in [-0.2, 0) is 6.18 Å². The number of hydrogen-bond acceptors (Lipinski definition) is 5. The lowest BCUT2D eigenvalue weighted by Crippen LogP contribution is -2.17. The molecule has 1 aromatic carbocycles. The Labute approximate surface area is 199 Å². The number of anilines is 2. The monoisotopic (exact) mass is 505 g/mol. The van der Waals surface area contributed by atoms with Crippen LogP contribution < -0.4 is 11.1 Å². The Morgan fingerprint density at radius 3 is 2.40 bits per heavy atom. The second-order valence-electron chi connectivity index (χ2n) is 7.17. The van der Waals surface area contributed by atoms with Crippen molar-refractivity contribution in [1.29, 1.82) is 0 Å². The lowest BCUT2D eigenvalue weighted by molar-refractivity contribution is -0.141. The van der Waals surface area contributed by atoms with Crippen molar-refractivity contribution < 1.29 is 26.7 Å². The normalized spacial score (nSPS) is 11.4. The maximum absolute atomic E-state index is 14.2. The fraction of sp³-hybridized carbons (Fsp3) is 0.0435. The first-order chi connectivity index (χ1) is 16.5. The van der Waals surface area contributed by atoms with Crippen LogP contribution in [-0.4, -0.2) is 20.9 Å². The third-order valence-electron chi connectivity index (χ3n) is 4.83. The molecule has 0 aliphatic carbocycles. The van der Waals surface area contributed by atoms with Crippen LogP contribution >= 0.6 is 11.6 Å². The van der Waals surface area contributed by atoms with Crippen LogP contribution in [0.5, 0.6) is 0 Å². The first kappa shape index (κ1) is 24.0. The van der Waals surface area contributed by atoms with E-state index < -0.39 is 40.1 Å². The van der Waals surface area contributed by atoms with E-state index in [-0.39, 0.29) is 33.9 Å². The van der Waals surface area contributed by atoms with Crippen molar-refractivity contribution in [3.8, 4) is 22.4 Å². The first-order valence-electron chi connectivity index (χ1n) is 9.76. The molecule has 3 aromatic heterocycles. The SMILES string of the molecule is Nc1ccc(-c2c(F)cccc2F)nc1C(=O)Nc1cnccc1-c1cc(Cl)nc(C(F)(F)F)c1. The van der Waals surface area contributed by atoms with Crippen molar-refractivity contribution in [3.05, 3.63) is 89.1 Å². The van der Waals surface area contributed by atoms with Crippen molar-refractivity contribution in [2.45, 2.75) is 6.18 Å². The summed E-state index contributed by atoms with van der Waals surface area (Å²) in [4.78, 5) is 24.2. The summed E-state index contributed by atoms with van der Waals surface area (Å²) in [7, 11) is 0. The van der Waals surface area contributed by atoms with E-state index in [0.717, 1.165) is 18.2 Å². The molecule has 0 spiro atoms. The number of pyridine rings is 3. The van der Waals surface area contributed by atoms with Gasteiger partial charge in [-0.2, -0.15) is 13.2 Å². The van der Waals surface area contributed by atoms with Gasteiger partial charge < -0.3 is 11.1 Å². The highest BCUT2D eigenvalue weighted by Gasteiger charge is 2.33. The van der Waals surface area contributed by atoms with Gasteiger partial charge in [0.25, 0.3) is 5.91 Å². The van der Waals surface area contributed by atoms with Crippen LogP contribution in [0, 0.1) is 11.6 Å². The number of amides is 1. The lowest BCUT2D eigenvalue weighted by atomic mass is 10.1. The van der Waals surface area contributed by atoms with Gasteiger partial charge in [-0.05, 0) is 48.0 Å². The molecule has 3 N–H and O–H groups in total. The van der Waals surface area contributed by atoms with E-state index in [1.807, 2.05) is 0 Å². The van der Waals surface area contributed by atoms with Gasteiger partial charge >= 0.3 is 6.18 Å². The summed E-state index contributed by atoms with van der Waals surface area (Å²) in [6.45, 7) is 0. The van der Waals surface area contributed by atoms with Gasteiger partial charge in [0.1, 0.15) is 22.5 Å². The quantitative estimate of drug-likeness (QED) is 0.262. The molecule has 3 heterocycles. The molecule has 0 aliphatic rings. The molecule has 0 radical (unpaired) electrons. The molecule has 0 unspecified atom stereocenters. The van der Waals surface area contributed by atoms with Gasteiger partial charge in [-0.3, -0.25) is 9.78 Å². The van der Waals surface area contributed by atoms with Crippen molar-refractivity contribution >= 4 is 28.9 Å². The summed E-state index contributed by atoms with van der Waals surface area (Å²) in [5.74, 6) is -2.66. The molecule has 1 amide bonds. The van der Waals surface area contributed by atoms with Crippen LogP contribution in [0.1, 0.15) is 16.2 Å². The Morgan fingerprint density at radius 2 is 1.71 bits per heavy atom. The zero-order chi connectivity index (χ0) is 25.3. The topological polar surface area (TPSA) is 93.8 Å². The molecule has 0 saturated heterocycles. The van der Waals surface area contributed by atoms with Gasteiger partial charge in [-0.1, -0.05) is 17.7 Å². The number of carbonyl (C=O) groups excluding carboxylic acids is 1. The fourth-order valence-corrected chi connectivity index (χ4v) is 3.47. The first-order valence-corrected chi connectivity index (χ1v) is 10.1. The highest BCUT2D eigenvalue weighted by atomic mass is 35.5. The number of benzene rings is 1. The highest BCUT2D eigenvalue weighted by Crippen LogP contribution is 2.35. The molecule has 4 rings (SSSR count). The summed E-state index contributed by atoms with van der Waals surface area (Å²) in [6.07, 6.45) is -2.25. The van der Waals surface area contributed by atoms with Crippen LogP contribution in [0.25, 0.3) is 22.4 Å². The number of alkyl halides is 3. The number of nitrogen functional groups attached to an aromatic ring is 1. The summed E-state index contributed by atoms with van der Waals surface area (Å²) in [5.41, 5.74) is 3.73. The van der Waals surface area contributed by atoms with Crippen LogP contribution in [0.2, 0.25) is 5.15 Å². The molecular formula is C23H13ClF5N5O. The molecule has 0 saturated carbocycles. The van der Waals surface area contributed by atoms with Crippen LogP contribution in [0.4, 0.5) is 33.3 Å². The molecule has 0 aliphatic heterocycles.